The van der Waals surface area contributed by atoms with Crippen LogP contribution in [0.1, 0.15) is 55.4 Å². The fourth-order valence-electron chi connectivity index (χ4n) is 5.70. The van der Waals surface area contributed by atoms with E-state index in [9.17, 15) is 17.3 Å². The highest BCUT2D eigenvalue weighted by atomic mass is 79.9. The van der Waals surface area contributed by atoms with Gasteiger partial charge in [-0.15, -0.1) is 0 Å². The third-order valence-electron chi connectivity index (χ3n) is 9.81. The second-order valence-electron chi connectivity index (χ2n) is 15.6. The molecule has 0 N–H and O–H groups in total. The summed E-state index contributed by atoms with van der Waals surface area (Å²) in [4.78, 5) is 0. The second kappa shape index (κ2) is 61.2. The van der Waals surface area contributed by atoms with E-state index >= 15 is 0 Å². The van der Waals surface area contributed by atoms with Gasteiger partial charge in [-0.25, -0.2) is 0 Å². The molecule has 88 heavy (non-hydrogen) atoms. The Labute approximate surface area is 585 Å². The van der Waals surface area contributed by atoms with Gasteiger partial charge in [-0.3, -0.25) is 0 Å². The minimum absolute atomic E-state index is 1.02. The quantitative estimate of drug-likeness (QED) is 0.0898. The first-order chi connectivity index (χ1) is 41.7. The summed E-state index contributed by atoms with van der Waals surface area (Å²) in [5, 5.41) is 66.4. The van der Waals surface area contributed by atoms with Crippen molar-refractivity contribution in [2.75, 3.05) is 0 Å². The smallest absolute Gasteiger partial charge is 0.247 e. The van der Waals surface area contributed by atoms with Gasteiger partial charge in [-0.1, -0.05) is 0 Å². The molecule has 0 fully saturated rings. The Morgan fingerprint density at radius 2 is 0.307 bits per heavy atom. The zero-order valence-electron chi connectivity index (χ0n) is 49.8. The predicted octanol–water partition coefficient (Wildman–Crippen LogP) is 4.70. The third kappa shape index (κ3) is 54.4. The normalized spacial score (nSPS) is 9.05. The summed E-state index contributed by atoms with van der Waals surface area (Å²) >= 11 is 27.4. The fraction of sp³-hybridized carbons (Fsp3) is 0.286. The van der Waals surface area contributed by atoms with E-state index in [1.54, 1.807) is 0 Å². The van der Waals surface area contributed by atoms with Crippen molar-refractivity contribution in [1.29, 1.82) is 0 Å². The zero-order chi connectivity index (χ0) is 67.8. The van der Waals surface area contributed by atoms with Crippen molar-refractivity contribution < 1.29 is 94.0 Å². The molecule has 0 saturated heterocycles. The van der Waals surface area contributed by atoms with Gasteiger partial charge >= 0.3 is 0 Å². The first-order valence-corrected chi connectivity index (χ1v) is 33.0. The van der Waals surface area contributed by atoms with Crippen molar-refractivity contribution >= 4 is 157 Å². The molecule has 480 valence electrons. The lowest BCUT2D eigenvalue weighted by atomic mass is 10.3. The van der Waals surface area contributed by atoms with Crippen molar-refractivity contribution in [2.45, 2.75) is 108 Å². The van der Waals surface area contributed by atoms with Crippen molar-refractivity contribution in [2.24, 2.45) is 0 Å². The van der Waals surface area contributed by atoms with E-state index < -0.39 is 29.6 Å². The number of aryl methyl sites for hydroxylation is 8. The summed E-state index contributed by atoms with van der Waals surface area (Å²) in [6.45, 7) is 25.0. The van der Waals surface area contributed by atoms with Gasteiger partial charge in [0.05, 0.1) is 0 Å². The van der Waals surface area contributed by atoms with Gasteiger partial charge in [0.15, 0.2) is 49.6 Å². The van der Waals surface area contributed by atoms with Crippen LogP contribution >= 0.6 is 127 Å². The number of aromatic nitrogens is 8. The topological polar surface area (TPSA) is 216 Å². The van der Waals surface area contributed by atoms with E-state index in [4.69, 9.17) is 40.2 Å². The SMILES string of the molecule is CC[n+]1ccccc1Br.CC[n+]1ccccc1Br.CC[n+]1ccccc1Br.CC[n+]1ccccc1Br.CC[n+]1ccccc1Br.CC[n+]1ccccc1Br.CC[n+]1ccccc1Br.CC[n+]1ccccc1Br.[O-]B([O-])F.[O-]B([O-])F.[O-]B([O-])F.[O-]B([O-])F. The molecule has 0 aliphatic heterocycles. The van der Waals surface area contributed by atoms with E-state index in [0.717, 1.165) is 89.2 Å². The highest BCUT2D eigenvalue weighted by molar-refractivity contribution is 9.11. The summed E-state index contributed by atoms with van der Waals surface area (Å²) < 4.78 is 65.6. The molecule has 8 aromatic heterocycles. The van der Waals surface area contributed by atoms with Crippen molar-refractivity contribution in [1.82, 2.24) is 0 Å². The molecule has 16 nitrogen and oxygen atoms in total. The Morgan fingerprint density at radius 1 is 0.227 bits per heavy atom. The van der Waals surface area contributed by atoms with Crippen LogP contribution in [0.5, 0.6) is 0 Å². The van der Waals surface area contributed by atoms with Gasteiger partial charge in [0, 0.05) is 225 Å². The van der Waals surface area contributed by atoms with Crippen LogP contribution in [-0.4, -0.2) is 29.6 Å². The van der Waals surface area contributed by atoms with Crippen molar-refractivity contribution in [3.05, 3.63) is 232 Å². The molecule has 0 aliphatic carbocycles. The fourth-order valence-corrected chi connectivity index (χ4v) is 9.87. The Kier molecular flexibility index (Phi) is 63.4. The molecular weight excluding hydrogens is 1670 g/mol. The van der Waals surface area contributed by atoms with E-state index in [1.807, 2.05) is 195 Å². The zero-order valence-corrected chi connectivity index (χ0v) is 62.5. The molecule has 0 radical (unpaired) electrons. The molecule has 8 rings (SSSR count). The summed E-state index contributed by atoms with van der Waals surface area (Å²) in [7, 11) is -12.7. The van der Waals surface area contributed by atoms with Gasteiger partial charge in [0.2, 0.25) is 36.8 Å². The molecule has 0 bridgehead atoms. The lowest BCUT2D eigenvalue weighted by molar-refractivity contribution is -0.704. The molecule has 0 amide bonds. The first kappa shape index (κ1) is 91.1. The Hall–Kier alpha value is -3.30. The maximum Gasteiger partial charge on any atom is 0.247 e. The summed E-state index contributed by atoms with van der Waals surface area (Å²) in [5.74, 6) is 0. The lowest BCUT2D eigenvalue weighted by Gasteiger charge is -2.09. The van der Waals surface area contributed by atoms with Crippen molar-refractivity contribution in [3.63, 3.8) is 0 Å². The molecule has 0 atom stereocenters. The highest BCUT2D eigenvalue weighted by Crippen LogP contribution is 2.04. The van der Waals surface area contributed by atoms with Crippen LogP contribution in [0.2, 0.25) is 0 Å². The second-order valence-corrected chi connectivity index (χ2v) is 22.1. The third-order valence-corrected chi connectivity index (χ3v) is 15.6. The lowest BCUT2D eigenvalue weighted by Crippen LogP contribution is -2.39. The van der Waals surface area contributed by atoms with E-state index in [-0.39, 0.29) is 0 Å². The molecule has 8 aromatic rings. The average Bonchev–Trinajstić information content (AvgIpc) is 3.57. The number of nitrogens with zero attached hydrogens (tertiary/aromatic N) is 8. The molecule has 32 heteroatoms. The van der Waals surface area contributed by atoms with Crippen LogP contribution in [0.15, 0.2) is 232 Å². The molecule has 0 aromatic carbocycles. The Balaban J connectivity index is -0.000000443. The predicted molar refractivity (Wildman–Crippen MR) is 348 cm³/mol. The molecular formula is C56H72B4Br8F4N8O8. The molecule has 0 saturated carbocycles. The number of rotatable bonds is 8. The minimum Gasteiger partial charge on any atom is -0.867 e. The van der Waals surface area contributed by atoms with Gasteiger partial charge in [-0.2, -0.15) is 36.5 Å². The van der Waals surface area contributed by atoms with Crippen LogP contribution in [0.3, 0.4) is 0 Å². The van der Waals surface area contributed by atoms with E-state index in [0.29, 0.717) is 0 Å². The van der Waals surface area contributed by atoms with E-state index in [1.165, 1.54) is 0 Å². The monoisotopic (exact) mass is 1740 g/mol. The molecule has 0 spiro atoms. The van der Waals surface area contributed by atoms with Crippen LogP contribution in [0.25, 0.3) is 0 Å². The minimum atomic E-state index is -3.17. The summed E-state index contributed by atoms with van der Waals surface area (Å²) in [5.41, 5.74) is 0. The number of halogens is 12. The number of hydrogen-bond donors (Lipinski definition) is 0. The van der Waals surface area contributed by atoms with Gasteiger partial charge < -0.3 is 57.5 Å². The Bertz CT molecular complexity index is 2390. The van der Waals surface area contributed by atoms with Crippen LogP contribution in [-0.2, 0) is 52.4 Å². The maximum absolute atomic E-state index is 9.89. The summed E-state index contributed by atoms with van der Waals surface area (Å²) in [6, 6.07) is 48.5. The molecule has 0 aliphatic rings. The first-order valence-electron chi connectivity index (χ1n) is 26.6. The molecule has 8 heterocycles. The van der Waals surface area contributed by atoms with Gasteiger partial charge in [0.1, 0.15) is 81.9 Å². The van der Waals surface area contributed by atoms with Crippen LogP contribution in [0, 0.1) is 0 Å². The standard InChI is InChI=1S/8C7H9BrN.4BFO2/c8*1-2-9-6-4-3-5-7(9)8;4*2-1(3)4/h8*3-6H,2H2,1H3;;;;/q8*+1;4*-2. The largest absolute Gasteiger partial charge is 0.867 e. The van der Waals surface area contributed by atoms with Gasteiger partial charge in [0.25, 0.3) is 0 Å². The van der Waals surface area contributed by atoms with Gasteiger partial charge in [-0.05, 0) is 104 Å². The van der Waals surface area contributed by atoms with Crippen LogP contribution < -0.4 is 76.7 Å². The highest BCUT2D eigenvalue weighted by Gasteiger charge is 2.04. The number of pyridine rings is 8. The molecule has 0 unspecified atom stereocenters. The average molecular weight is 1740 g/mol. The summed E-state index contributed by atoms with van der Waals surface area (Å²) in [6.07, 6.45) is 16.4. The number of hydrogen-bond acceptors (Lipinski definition) is 8. The van der Waals surface area contributed by atoms with Crippen LogP contribution in [0.4, 0.5) is 17.3 Å². The Morgan fingerprint density at radius 3 is 0.352 bits per heavy atom. The van der Waals surface area contributed by atoms with E-state index in [2.05, 4.69) is 219 Å². The maximum atomic E-state index is 9.89. The van der Waals surface area contributed by atoms with Crippen molar-refractivity contribution in [3.8, 4) is 0 Å².